The van der Waals surface area contributed by atoms with E-state index < -0.39 is 21.6 Å². The van der Waals surface area contributed by atoms with Crippen LogP contribution in [0.3, 0.4) is 0 Å². The fourth-order valence-corrected chi connectivity index (χ4v) is 4.05. The Morgan fingerprint density at radius 3 is 2.34 bits per heavy atom. The average Bonchev–Trinajstić information content (AvgIpc) is 3.30. The standard InChI is InChI=1S/C25H17N3O6S/c26-35(31,32)20-11-8-18(9-12-20)28-22(16-4-2-1-3-5-16)15-21(27-28)25(30)33-19-10-6-17-7-13-24(29)34-23(17)14-19/h1-15H,(H2,26,31,32). The van der Waals surface area contributed by atoms with Crippen LogP contribution in [0.4, 0.5) is 0 Å². The summed E-state index contributed by atoms with van der Waals surface area (Å²) in [7, 11) is -3.86. The Kier molecular flexibility index (Phi) is 5.51. The van der Waals surface area contributed by atoms with E-state index in [1.54, 1.807) is 36.4 Å². The van der Waals surface area contributed by atoms with Crippen molar-refractivity contribution < 1.29 is 22.4 Å². The van der Waals surface area contributed by atoms with Crippen molar-refractivity contribution in [1.82, 2.24) is 9.78 Å². The van der Waals surface area contributed by atoms with Crippen LogP contribution >= 0.6 is 0 Å². The lowest BCUT2D eigenvalue weighted by Gasteiger charge is -2.08. The van der Waals surface area contributed by atoms with Crippen molar-refractivity contribution in [2.45, 2.75) is 4.90 Å². The van der Waals surface area contributed by atoms with Crippen LogP contribution in [0.25, 0.3) is 27.9 Å². The number of carbonyl (C=O) groups is 1. The van der Waals surface area contributed by atoms with Crippen molar-refractivity contribution in [3.05, 3.63) is 107 Å². The molecule has 0 aliphatic carbocycles. The van der Waals surface area contributed by atoms with Crippen LogP contribution in [0.15, 0.2) is 105 Å². The molecule has 10 heteroatoms. The average molecular weight is 487 g/mol. The van der Waals surface area contributed by atoms with Gasteiger partial charge in [0.2, 0.25) is 10.0 Å². The summed E-state index contributed by atoms with van der Waals surface area (Å²) >= 11 is 0. The highest BCUT2D eigenvalue weighted by molar-refractivity contribution is 7.89. The van der Waals surface area contributed by atoms with E-state index in [1.807, 2.05) is 30.3 Å². The molecule has 0 saturated heterocycles. The minimum Gasteiger partial charge on any atom is -0.423 e. The molecule has 2 N–H and O–H groups in total. The summed E-state index contributed by atoms with van der Waals surface area (Å²) < 4.78 is 35.3. The lowest BCUT2D eigenvalue weighted by Crippen LogP contribution is -2.12. The molecule has 0 bridgehead atoms. The summed E-state index contributed by atoms with van der Waals surface area (Å²) in [6.45, 7) is 0. The molecule has 174 valence electrons. The minimum absolute atomic E-state index is 0.0222. The molecule has 2 aromatic heterocycles. The lowest BCUT2D eigenvalue weighted by molar-refractivity contribution is 0.0728. The molecule has 0 aliphatic rings. The zero-order valence-electron chi connectivity index (χ0n) is 18.0. The zero-order chi connectivity index (χ0) is 24.6. The fourth-order valence-electron chi connectivity index (χ4n) is 3.53. The van der Waals surface area contributed by atoms with Crippen LogP contribution in [0.1, 0.15) is 10.5 Å². The molecule has 0 saturated carbocycles. The fraction of sp³-hybridized carbons (Fsp3) is 0. The molecule has 9 nitrogen and oxygen atoms in total. The summed E-state index contributed by atoms with van der Waals surface area (Å²) in [4.78, 5) is 24.4. The van der Waals surface area contributed by atoms with E-state index in [0.29, 0.717) is 16.8 Å². The van der Waals surface area contributed by atoms with E-state index in [0.717, 1.165) is 5.56 Å². The number of carbonyl (C=O) groups excluding carboxylic acids is 1. The highest BCUT2D eigenvalue weighted by Crippen LogP contribution is 2.26. The van der Waals surface area contributed by atoms with E-state index in [4.69, 9.17) is 14.3 Å². The number of sulfonamides is 1. The second-order valence-corrected chi connectivity index (χ2v) is 9.14. The van der Waals surface area contributed by atoms with Gasteiger partial charge in [-0.3, -0.25) is 0 Å². The second kappa shape index (κ2) is 8.67. The Labute approximate surface area is 199 Å². The van der Waals surface area contributed by atoms with Gasteiger partial charge in [-0.05, 0) is 48.5 Å². The maximum Gasteiger partial charge on any atom is 0.364 e. The monoisotopic (exact) mass is 487 g/mol. The van der Waals surface area contributed by atoms with Gasteiger partial charge in [0.1, 0.15) is 11.3 Å². The van der Waals surface area contributed by atoms with E-state index in [1.165, 1.54) is 28.9 Å². The van der Waals surface area contributed by atoms with Crippen molar-refractivity contribution >= 4 is 27.0 Å². The lowest BCUT2D eigenvalue weighted by atomic mass is 10.1. The molecular formula is C25H17N3O6S. The Balaban J connectivity index is 1.53. The summed E-state index contributed by atoms with van der Waals surface area (Å²) in [5.41, 5.74) is 1.68. The second-order valence-electron chi connectivity index (χ2n) is 7.58. The number of nitrogens with zero attached hydrogens (tertiary/aromatic N) is 2. The molecule has 0 amide bonds. The maximum atomic E-state index is 12.9. The number of esters is 1. The van der Waals surface area contributed by atoms with Crippen LogP contribution in [0, 0.1) is 0 Å². The molecule has 35 heavy (non-hydrogen) atoms. The topological polar surface area (TPSA) is 134 Å². The van der Waals surface area contributed by atoms with Gasteiger partial charge in [-0.1, -0.05) is 30.3 Å². The molecule has 0 atom stereocenters. The van der Waals surface area contributed by atoms with Crippen LogP contribution in [-0.4, -0.2) is 24.2 Å². The van der Waals surface area contributed by atoms with Gasteiger partial charge >= 0.3 is 11.6 Å². The minimum atomic E-state index is -3.86. The Hall–Kier alpha value is -4.54. The smallest absolute Gasteiger partial charge is 0.364 e. The number of hydrogen-bond donors (Lipinski definition) is 1. The van der Waals surface area contributed by atoms with Crippen molar-refractivity contribution in [3.8, 4) is 22.7 Å². The third-order valence-corrected chi connectivity index (χ3v) is 6.13. The van der Waals surface area contributed by atoms with Gasteiger partial charge in [-0.15, -0.1) is 0 Å². The zero-order valence-corrected chi connectivity index (χ0v) is 18.8. The molecule has 0 radical (unpaired) electrons. The number of nitrogens with two attached hydrogens (primary N) is 1. The van der Waals surface area contributed by atoms with Crippen molar-refractivity contribution in [2.75, 3.05) is 0 Å². The van der Waals surface area contributed by atoms with E-state index >= 15 is 0 Å². The van der Waals surface area contributed by atoms with E-state index in [9.17, 15) is 18.0 Å². The van der Waals surface area contributed by atoms with E-state index in [-0.39, 0.29) is 21.9 Å². The van der Waals surface area contributed by atoms with Gasteiger partial charge in [0.15, 0.2) is 5.69 Å². The first-order valence-electron chi connectivity index (χ1n) is 10.3. The van der Waals surface area contributed by atoms with Crippen LogP contribution < -0.4 is 15.5 Å². The predicted octanol–water partition coefficient (Wildman–Crippen LogP) is 3.51. The Morgan fingerprint density at radius 1 is 0.914 bits per heavy atom. The molecule has 5 aromatic rings. The normalized spacial score (nSPS) is 11.5. The summed E-state index contributed by atoms with van der Waals surface area (Å²) in [5.74, 6) is -0.537. The number of aromatic nitrogens is 2. The van der Waals surface area contributed by atoms with Crippen LogP contribution in [0.5, 0.6) is 5.75 Å². The van der Waals surface area contributed by atoms with Crippen LogP contribution in [0.2, 0.25) is 0 Å². The van der Waals surface area contributed by atoms with Gasteiger partial charge < -0.3 is 9.15 Å². The molecule has 3 aromatic carbocycles. The Morgan fingerprint density at radius 2 is 1.63 bits per heavy atom. The van der Waals surface area contributed by atoms with Crippen molar-refractivity contribution in [1.29, 1.82) is 0 Å². The van der Waals surface area contributed by atoms with Crippen molar-refractivity contribution in [2.24, 2.45) is 5.14 Å². The number of fused-ring (bicyclic) bond motifs is 1. The summed E-state index contributed by atoms with van der Waals surface area (Å²) in [5, 5.41) is 10.3. The molecule has 0 unspecified atom stereocenters. The summed E-state index contributed by atoms with van der Waals surface area (Å²) in [6.07, 6.45) is 0. The summed E-state index contributed by atoms with van der Waals surface area (Å²) in [6, 6.07) is 24.3. The molecule has 2 heterocycles. The molecule has 0 aliphatic heterocycles. The first-order valence-corrected chi connectivity index (χ1v) is 11.9. The molecule has 0 spiro atoms. The first kappa shape index (κ1) is 22.3. The third-order valence-electron chi connectivity index (χ3n) is 5.20. The Bertz CT molecular complexity index is 1720. The van der Waals surface area contributed by atoms with Gasteiger partial charge in [0.25, 0.3) is 0 Å². The third kappa shape index (κ3) is 4.60. The van der Waals surface area contributed by atoms with Gasteiger partial charge in [-0.2, -0.15) is 5.10 Å². The predicted molar refractivity (Wildman–Crippen MR) is 128 cm³/mol. The molecular weight excluding hydrogens is 470 g/mol. The highest BCUT2D eigenvalue weighted by atomic mass is 32.2. The highest BCUT2D eigenvalue weighted by Gasteiger charge is 2.19. The van der Waals surface area contributed by atoms with E-state index in [2.05, 4.69) is 5.10 Å². The van der Waals surface area contributed by atoms with Crippen LogP contribution in [-0.2, 0) is 10.0 Å². The van der Waals surface area contributed by atoms with Gasteiger partial charge in [0, 0.05) is 23.1 Å². The molecule has 5 rings (SSSR count). The SMILES string of the molecule is NS(=O)(=O)c1ccc(-n2nc(C(=O)Oc3ccc4ccc(=O)oc4c3)cc2-c2ccccc2)cc1. The number of hydrogen-bond acceptors (Lipinski definition) is 7. The van der Waals surface area contributed by atoms with Gasteiger partial charge in [0.05, 0.1) is 16.3 Å². The van der Waals surface area contributed by atoms with Gasteiger partial charge in [-0.25, -0.2) is 27.8 Å². The quantitative estimate of drug-likeness (QED) is 0.228. The molecule has 0 fully saturated rings. The number of primary sulfonamides is 1. The number of rotatable bonds is 5. The van der Waals surface area contributed by atoms with Crippen molar-refractivity contribution in [3.63, 3.8) is 0 Å². The maximum absolute atomic E-state index is 12.9. The number of benzene rings is 3. The number of ether oxygens (including phenoxy) is 1. The first-order chi connectivity index (χ1) is 16.8. The largest absolute Gasteiger partial charge is 0.423 e.